The van der Waals surface area contributed by atoms with E-state index < -0.39 is 5.60 Å². The number of esters is 1. The summed E-state index contributed by atoms with van der Waals surface area (Å²) in [7, 11) is 0. The van der Waals surface area contributed by atoms with Gasteiger partial charge in [-0.25, -0.2) is 14.8 Å². The van der Waals surface area contributed by atoms with Crippen LogP contribution in [0.5, 0.6) is 5.88 Å². The number of hydrogen-bond donors (Lipinski definition) is 0. The summed E-state index contributed by atoms with van der Waals surface area (Å²) < 4.78 is 24.0. The van der Waals surface area contributed by atoms with Crippen LogP contribution >= 0.6 is 0 Å². The zero-order valence-corrected chi connectivity index (χ0v) is 21.5. The molecule has 7 nitrogen and oxygen atoms in total. The number of rotatable bonds is 7. The van der Waals surface area contributed by atoms with Gasteiger partial charge < -0.3 is 18.6 Å². The van der Waals surface area contributed by atoms with Crippen molar-refractivity contribution in [1.82, 2.24) is 9.97 Å². The lowest BCUT2D eigenvalue weighted by molar-refractivity contribution is -0.163. The molecule has 0 spiro atoms. The number of benzene rings is 2. The van der Waals surface area contributed by atoms with Crippen LogP contribution in [0.3, 0.4) is 0 Å². The van der Waals surface area contributed by atoms with E-state index in [0.717, 1.165) is 47.1 Å². The van der Waals surface area contributed by atoms with Gasteiger partial charge in [0.2, 0.25) is 11.6 Å². The Labute approximate surface area is 216 Å². The number of carbonyl (C=O) groups excluding carboxylic acids is 1. The zero-order valence-electron chi connectivity index (χ0n) is 21.5. The maximum atomic E-state index is 12.1. The highest BCUT2D eigenvalue weighted by Gasteiger charge is 2.29. The first-order valence-corrected chi connectivity index (χ1v) is 12.8. The summed E-state index contributed by atoms with van der Waals surface area (Å²) in [6, 6.07) is 20.1. The normalized spacial score (nSPS) is 18.0. The average Bonchev–Trinajstić information content (AvgIpc) is 3.29. The van der Waals surface area contributed by atoms with Gasteiger partial charge in [0.15, 0.2) is 0 Å². The molecule has 2 heterocycles. The van der Waals surface area contributed by atoms with Gasteiger partial charge in [-0.1, -0.05) is 60.7 Å². The second-order valence-electron chi connectivity index (χ2n) is 10.3. The van der Waals surface area contributed by atoms with E-state index in [-0.39, 0.29) is 24.8 Å². The molecule has 37 heavy (non-hydrogen) atoms. The second kappa shape index (κ2) is 10.7. The number of fused-ring (bicyclic) bond motifs is 1. The minimum absolute atomic E-state index is 0.0628. The molecule has 0 radical (unpaired) electrons. The maximum absolute atomic E-state index is 12.1. The number of nitrogens with zero attached hydrogens (tertiary/aromatic N) is 2. The fourth-order valence-corrected chi connectivity index (χ4v) is 4.74. The van der Waals surface area contributed by atoms with Crippen LogP contribution in [-0.2, 0) is 14.3 Å². The first-order chi connectivity index (χ1) is 17.9. The Hall–Kier alpha value is -3.71. The third kappa shape index (κ3) is 6.00. The number of ether oxygens (including phenoxy) is 3. The topological polar surface area (TPSA) is 83.7 Å². The molecule has 2 aromatic heterocycles. The molecule has 5 rings (SSSR count). The van der Waals surface area contributed by atoms with E-state index in [0.29, 0.717) is 18.0 Å². The van der Waals surface area contributed by atoms with Crippen molar-refractivity contribution in [2.24, 2.45) is 0 Å². The quantitative estimate of drug-likeness (QED) is 0.264. The molecule has 0 bridgehead atoms. The standard InChI is InChI=1S/C30H32N2O5/c1-30(2,3)37-24(33)18-34-22-15-10-16-23(17-22)35-28-26-25(20-11-6-4-7-12-20)27(21-13-8-5-9-14-21)36-29(26)32-19-31-28/h4-9,11-14,19,22-23H,10,15-18H2,1-3H3/t22?,23-/m0/s1. The predicted octanol–water partition coefficient (Wildman–Crippen LogP) is 6.61. The molecule has 0 amide bonds. The monoisotopic (exact) mass is 500 g/mol. The van der Waals surface area contributed by atoms with Crippen LogP contribution < -0.4 is 4.74 Å². The summed E-state index contributed by atoms with van der Waals surface area (Å²) in [5.74, 6) is 0.870. The molecule has 1 aliphatic rings. The highest BCUT2D eigenvalue weighted by Crippen LogP contribution is 2.43. The lowest BCUT2D eigenvalue weighted by Crippen LogP contribution is -2.33. The second-order valence-corrected chi connectivity index (χ2v) is 10.3. The molecule has 1 unspecified atom stereocenters. The van der Waals surface area contributed by atoms with E-state index >= 15 is 0 Å². The minimum Gasteiger partial charge on any atom is -0.474 e. The zero-order chi connectivity index (χ0) is 25.8. The molecule has 4 aromatic rings. The molecular weight excluding hydrogens is 468 g/mol. The van der Waals surface area contributed by atoms with Crippen molar-refractivity contribution in [3.8, 4) is 28.3 Å². The smallest absolute Gasteiger partial charge is 0.332 e. The average molecular weight is 501 g/mol. The summed E-state index contributed by atoms with van der Waals surface area (Å²) in [4.78, 5) is 21.1. The number of furan rings is 1. The Balaban J connectivity index is 1.41. The highest BCUT2D eigenvalue weighted by atomic mass is 16.6. The van der Waals surface area contributed by atoms with E-state index in [1.807, 2.05) is 69.3 Å². The van der Waals surface area contributed by atoms with Gasteiger partial charge in [-0.2, -0.15) is 0 Å². The van der Waals surface area contributed by atoms with Crippen LogP contribution in [0.15, 0.2) is 71.4 Å². The summed E-state index contributed by atoms with van der Waals surface area (Å²) in [6.45, 7) is 5.48. The van der Waals surface area contributed by atoms with Gasteiger partial charge in [-0.15, -0.1) is 0 Å². The van der Waals surface area contributed by atoms with Crippen LogP contribution in [0.4, 0.5) is 0 Å². The Kier molecular flexibility index (Phi) is 7.24. The Morgan fingerprint density at radius 3 is 2.32 bits per heavy atom. The highest BCUT2D eigenvalue weighted by molar-refractivity contribution is 6.03. The van der Waals surface area contributed by atoms with Gasteiger partial charge in [-0.05, 0) is 45.6 Å². The molecule has 7 heteroatoms. The van der Waals surface area contributed by atoms with Crippen LogP contribution in [0.25, 0.3) is 33.6 Å². The number of carbonyl (C=O) groups is 1. The summed E-state index contributed by atoms with van der Waals surface area (Å²) in [5.41, 5.74) is 2.82. The van der Waals surface area contributed by atoms with Crippen LogP contribution in [0.1, 0.15) is 46.5 Å². The molecule has 192 valence electrons. The third-order valence-electron chi connectivity index (χ3n) is 6.27. The van der Waals surface area contributed by atoms with Gasteiger partial charge >= 0.3 is 5.97 Å². The van der Waals surface area contributed by atoms with Gasteiger partial charge in [0, 0.05) is 17.5 Å². The van der Waals surface area contributed by atoms with Crippen molar-refractivity contribution in [1.29, 1.82) is 0 Å². The van der Waals surface area contributed by atoms with Crippen molar-refractivity contribution < 1.29 is 23.4 Å². The summed E-state index contributed by atoms with van der Waals surface area (Å²) >= 11 is 0. The summed E-state index contributed by atoms with van der Waals surface area (Å²) in [6.07, 6.45) is 4.64. The Bertz CT molecular complexity index is 1350. The van der Waals surface area contributed by atoms with Crippen molar-refractivity contribution >= 4 is 17.1 Å². The lowest BCUT2D eigenvalue weighted by Gasteiger charge is -2.29. The Morgan fingerprint density at radius 2 is 1.62 bits per heavy atom. The lowest BCUT2D eigenvalue weighted by atomic mass is 9.94. The van der Waals surface area contributed by atoms with Gasteiger partial charge in [-0.3, -0.25) is 0 Å². The maximum Gasteiger partial charge on any atom is 0.332 e. The van der Waals surface area contributed by atoms with Crippen LogP contribution in [-0.4, -0.2) is 40.4 Å². The first-order valence-electron chi connectivity index (χ1n) is 12.8. The van der Waals surface area contributed by atoms with E-state index in [1.165, 1.54) is 6.33 Å². The summed E-state index contributed by atoms with van der Waals surface area (Å²) in [5, 5.41) is 0.754. The molecule has 1 saturated carbocycles. The third-order valence-corrected chi connectivity index (χ3v) is 6.27. The largest absolute Gasteiger partial charge is 0.474 e. The van der Waals surface area contributed by atoms with Crippen molar-refractivity contribution in [2.75, 3.05) is 6.61 Å². The first kappa shape index (κ1) is 25.0. The molecule has 0 aliphatic heterocycles. The molecule has 1 fully saturated rings. The Morgan fingerprint density at radius 1 is 0.946 bits per heavy atom. The van der Waals surface area contributed by atoms with E-state index in [4.69, 9.17) is 18.6 Å². The van der Waals surface area contributed by atoms with Crippen molar-refractivity contribution in [3.63, 3.8) is 0 Å². The van der Waals surface area contributed by atoms with Gasteiger partial charge in [0.25, 0.3) is 0 Å². The predicted molar refractivity (Wildman–Crippen MR) is 141 cm³/mol. The van der Waals surface area contributed by atoms with Gasteiger partial charge in [0.05, 0.1) is 6.10 Å². The molecule has 2 aromatic carbocycles. The molecule has 0 saturated heterocycles. The van der Waals surface area contributed by atoms with Crippen molar-refractivity contribution in [2.45, 2.75) is 64.3 Å². The molecular formula is C30H32N2O5. The van der Waals surface area contributed by atoms with Crippen molar-refractivity contribution in [3.05, 3.63) is 67.0 Å². The van der Waals surface area contributed by atoms with E-state index in [1.54, 1.807) is 0 Å². The van der Waals surface area contributed by atoms with Crippen LogP contribution in [0.2, 0.25) is 0 Å². The number of hydrogen-bond acceptors (Lipinski definition) is 7. The molecule has 0 N–H and O–H groups in total. The van der Waals surface area contributed by atoms with Crippen LogP contribution in [0, 0.1) is 0 Å². The minimum atomic E-state index is -0.531. The molecule has 1 aliphatic carbocycles. The fraction of sp³-hybridized carbons (Fsp3) is 0.367. The van der Waals surface area contributed by atoms with E-state index in [2.05, 4.69) is 22.1 Å². The van der Waals surface area contributed by atoms with Gasteiger partial charge in [0.1, 0.15) is 35.8 Å². The van der Waals surface area contributed by atoms with E-state index in [9.17, 15) is 4.79 Å². The number of aromatic nitrogens is 2. The fourth-order valence-electron chi connectivity index (χ4n) is 4.74. The SMILES string of the molecule is CC(C)(C)OC(=O)COC1CCC[C@H](Oc2ncnc3oc(-c4ccccc4)c(-c4ccccc4)c23)C1. The molecule has 2 atom stereocenters.